The molecule has 2 heterocycles. The van der Waals surface area contributed by atoms with E-state index in [2.05, 4.69) is 29.6 Å². The van der Waals surface area contributed by atoms with Crippen LogP contribution in [-0.4, -0.2) is 52.2 Å². The van der Waals surface area contributed by atoms with Gasteiger partial charge < -0.3 is 10.2 Å². The van der Waals surface area contributed by atoms with Crippen LogP contribution in [0.5, 0.6) is 0 Å². The van der Waals surface area contributed by atoms with E-state index in [1.165, 1.54) is 11.1 Å². The predicted molar refractivity (Wildman–Crippen MR) is 108 cm³/mol. The SMILES string of the molecule is O=C(CC1CCc2ccccc2C1)C1C(=S)CN[C@@H]1C(=O)N1CCSC1. The Morgan fingerprint density at radius 3 is 2.85 bits per heavy atom. The first-order chi connectivity index (χ1) is 12.6. The number of nitrogens with zero attached hydrogens (tertiary/aromatic N) is 1. The highest BCUT2D eigenvalue weighted by atomic mass is 32.2. The van der Waals surface area contributed by atoms with Crippen LogP contribution >= 0.6 is 24.0 Å². The predicted octanol–water partition coefficient (Wildman–Crippen LogP) is 2.24. The van der Waals surface area contributed by atoms with Gasteiger partial charge in [-0.2, -0.15) is 0 Å². The Morgan fingerprint density at radius 1 is 1.27 bits per heavy atom. The van der Waals surface area contributed by atoms with Gasteiger partial charge in [0.25, 0.3) is 0 Å². The lowest BCUT2D eigenvalue weighted by Crippen LogP contribution is -2.47. The smallest absolute Gasteiger partial charge is 0.241 e. The molecule has 1 aromatic rings. The molecule has 0 spiro atoms. The molecule has 26 heavy (non-hydrogen) atoms. The fraction of sp³-hybridized carbons (Fsp3) is 0.550. The average molecular weight is 389 g/mol. The summed E-state index contributed by atoms with van der Waals surface area (Å²) in [5, 5.41) is 3.20. The van der Waals surface area contributed by atoms with Crippen LogP contribution < -0.4 is 5.32 Å². The van der Waals surface area contributed by atoms with Crippen LogP contribution in [0.2, 0.25) is 0 Å². The van der Waals surface area contributed by atoms with Crippen molar-refractivity contribution < 1.29 is 9.59 Å². The molecule has 0 bridgehead atoms. The van der Waals surface area contributed by atoms with Gasteiger partial charge in [-0.25, -0.2) is 0 Å². The van der Waals surface area contributed by atoms with Gasteiger partial charge in [0.05, 0.1) is 11.8 Å². The molecule has 0 aromatic heterocycles. The number of carbonyl (C=O) groups is 2. The van der Waals surface area contributed by atoms with E-state index in [0.29, 0.717) is 23.7 Å². The number of nitrogens with one attached hydrogen (secondary N) is 1. The summed E-state index contributed by atoms with van der Waals surface area (Å²) in [6.07, 6.45) is 3.56. The van der Waals surface area contributed by atoms with E-state index in [-0.39, 0.29) is 11.7 Å². The average Bonchev–Trinajstić information content (AvgIpc) is 3.31. The number of aryl methyl sites for hydroxylation is 1. The first kappa shape index (κ1) is 18.1. The third kappa shape index (κ3) is 3.59. The molecule has 3 aliphatic rings. The molecule has 2 saturated heterocycles. The zero-order valence-corrected chi connectivity index (χ0v) is 16.4. The number of ketones is 1. The number of thiocarbonyl (C=S) groups is 1. The van der Waals surface area contributed by atoms with E-state index < -0.39 is 12.0 Å². The van der Waals surface area contributed by atoms with Gasteiger partial charge in [0.15, 0.2) is 0 Å². The van der Waals surface area contributed by atoms with Crippen LogP contribution in [0.25, 0.3) is 0 Å². The van der Waals surface area contributed by atoms with Gasteiger partial charge in [-0.15, -0.1) is 11.8 Å². The summed E-state index contributed by atoms with van der Waals surface area (Å²) in [5.41, 5.74) is 2.78. The molecular formula is C20H24N2O2S2. The minimum absolute atomic E-state index is 0.0437. The molecule has 1 amide bonds. The highest BCUT2D eigenvalue weighted by Gasteiger charge is 2.43. The third-order valence-corrected chi connectivity index (χ3v) is 7.16. The lowest BCUT2D eigenvalue weighted by Gasteiger charge is -2.27. The molecule has 1 N–H and O–H groups in total. The lowest BCUT2D eigenvalue weighted by molar-refractivity contribution is -0.135. The molecule has 4 rings (SSSR count). The second kappa shape index (κ2) is 7.79. The number of benzene rings is 1. The molecule has 3 atom stereocenters. The van der Waals surface area contributed by atoms with Crippen LogP contribution in [0.3, 0.4) is 0 Å². The quantitative estimate of drug-likeness (QED) is 0.802. The second-order valence-corrected chi connectivity index (χ2v) is 9.09. The Hall–Kier alpha value is -1.24. The maximum atomic E-state index is 13.1. The van der Waals surface area contributed by atoms with E-state index in [1.807, 2.05) is 4.90 Å². The summed E-state index contributed by atoms with van der Waals surface area (Å²) in [6.45, 7) is 1.27. The number of hydrogen-bond donors (Lipinski definition) is 1. The monoisotopic (exact) mass is 388 g/mol. The molecule has 2 aliphatic heterocycles. The molecule has 138 valence electrons. The fourth-order valence-corrected chi connectivity index (χ4v) is 5.67. The van der Waals surface area contributed by atoms with Gasteiger partial charge >= 0.3 is 0 Å². The zero-order valence-electron chi connectivity index (χ0n) is 14.8. The van der Waals surface area contributed by atoms with E-state index in [0.717, 1.165) is 37.4 Å². The van der Waals surface area contributed by atoms with Gasteiger partial charge in [-0.1, -0.05) is 36.5 Å². The van der Waals surface area contributed by atoms with Gasteiger partial charge in [0.2, 0.25) is 5.91 Å². The molecule has 6 heteroatoms. The summed E-state index contributed by atoms with van der Waals surface area (Å²) in [6, 6.07) is 8.06. The zero-order chi connectivity index (χ0) is 18.1. The minimum atomic E-state index is -0.454. The van der Waals surface area contributed by atoms with E-state index in [9.17, 15) is 9.59 Å². The van der Waals surface area contributed by atoms with Crippen LogP contribution in [0.4, 0.5) is 0 Å². The summed E-state index contributed by atoms with van der Waals surface area (Å²) in [7, 11) is 0. The topological polar surface area (TPSA) is 49.4 Å². The van der Waals surface area contributed by atoms with Gasteiger partial charge in [-0.3, -0.25) is 9.59 Å². The molecule has 1 aliphatic carbocycles. The minimum Gasteiger partial charge on any atom is -0.331 e. The highest BCUT2D eigenvalue weighted by molar-refractivity contribution is 7.99. The Labute approximate surface area is 164 Å². The molecule has 0 saturated carbocycles. The van der Waals surface area contributed by atoms with Crippen molar-refractivity contribution in [3.05, 3.63) is 35.4 Å². The second-order valence-electron chi connectivity index (χ2n) is 7.49. The molecular weight excluding hydrogens is 364 g/mol. The van der Waals surface area contributed by atoms with Crippen LogP contribution in [0.1, 0.15) is 24.0 Å². The number of carbonyl (C=O) groups excluding carboxylic acids is 2. The summed E-state index contributed by atoms with van der Waals surface area (Å²) >= 11 is 7.22. The van der Waals surface area contributed by atoms with Crippen molar-refractivity contribution in [2.45, 2.75) is 31.7 Å². The summed E-state index contributed by atoms with van der Waals surface area (Å²) in [5.74, 6) is 1.82. The van der Waals surface area contributed by atoms with Crippen molar-refractivity contribution in [1.82, 2.24) is 10.2 Å². The van der Waals surface area contributed by atoms with Crippen molar-refractivity contribution >= 4 is 40.5 Å². The molecule has 2 unspecified atom stereocenters. The van der Waals surface area contributed by atoms with Gasteiger partial charge in [0.1, 0.15) is 11.8 Å². The normalized spacial score (nSPS) is 28.2. The fourth-order valence-electron chi connectivity index (χ4n) is 4.36. The van der Waals surface area contributed by atoms with Crippen LogP contribution in [-0.2, 0) is 22.4 Å². The molecule has 1 aromatic carbocycles. The first-order valence-electron chi connectivity index (χ1n) is 9.35. The standard InChI is InChI=1S/C20H24N2O2S2/c23-16(10-13-5-6-14-3-1-2-4-15(14)9-13)18-17(25)11-21-19(18)20(24)22-7-8-26-12-22/h1-4,13,18-19,21H,5-12H2/t13?,18?,19-/m0/s1. The van der Waals surface area contributed by atoms with E-state index >= 15 is 0 Å². The summed E-state index contributed by atoms with van der Waals surface area (Å²) in [4.78, 5) is 28.4. The maximum absolute atomic E-state index is 13.1. The van der Waals surface area contributed by atoms with Crippen LogP contribution in [0.15, 0.2) is 24.3 Å². The van der Waals surface area contributed by atoms with Crippen LogP contribution in [0, 0.1) is 11.8 Å². The Balaban J connectivity index is 1.43. The maximum Gasteiger partial charge on any atom is 0.241 e. The van der Waals surface area contributed by atoms with Crippen molar-refractivity contribution in [1.29, 1.82) is 0 Å². The number of rotatable bonds is 4. The number of fused-ring (bicyclic) bond motifs is 1. The largest absolute Gasteiger partial charge is 0.331 e. The number of hydrogen-bond acceptors (Lipinski definition) is 5. The lowest BCUT2D eigenvalue weighted by atomic mass is 9.79. The van der Waals surface area contributed by atoms with E-state index in [4.69, 9.17) is 12.2 Å². The van der Waals surface area contributed by atoms with E-state index in [1.54, 1.807) is 11.8 Å². The highest BCUT2D eigenvalue weighted by Crippen LogP contribution is 2.30. The van der Waals surface area contributed by atoms with Crippen molar-refractivity contribution in [3.8, 4) is 0 Å². The van der Waals surface area contributed by atoms with Gasteiger partial charge in [-0.05, 0) is 36.3 Å². The van der Waals surface area contributed by atoms with Gasteiger partial charge in [0, 0.05) is 30.1 Å². The first-order valence-corrected chi connectivity index (χ1v) is 10.9. The third-order valence-electron chi connectivity index (χ3n) is 5.79. The number of thioether (sulfide) groups is 1. The Morgan fingerprint density at radius 2 is 2.08 bits per heavy atom. The molecule has 0 radical (unpaired) electrons. The Kier molecular flexibility index (Phi) is 5.43. The summed E-state index contributed by atoms with van der Waals surface area (Å²) < 4.78 is 0. The Bertz CT molecular complexity index is 730. The molecule has 2 fully saturated rings. The molecule has 4 nitrogen and oxygen atoms in total. The van der Waals surface area contributed by atoms with Crippen molar-refractivity contribution in [2.24, 2.45) is 11.8 Å². The van der Waals surface area contributed by atoms with Crippen molar-refractivity contribution in [3.63, 3.8) is 0 Å². The number of Topliss-reactive ketones (excluding diaryl/α,β-unsaturated/α-hetero) is 1. The van der Waals surface area contributed by atoms with Crippen molar-refractivity contribution in [2.75, 3.05) is 24.7 Å². The number of amides is 1.